The molecular weight excluding hydrogens is 707 g/mol. The maximum Gasteiger partial charge on any atom is 0.403 e. The molecule has 0 aliphatic carbocycles. The highest BCUT2D eigenvalue weighted by atomic mass is 19.4. The van der Waals surface area contributed by atoms with Gasteiger partial charge in [0.05, 0.1) is 31.5 Å². The van der Waals surface area contributed by atoms with Gasteiger partial charge in [-0.3, -0.25) is 5.32 Å². The molecule has 0 aromatic carbocycles. The molecular formula is C41H78F3NO9. The third kappa shape index (κ3) is 20.7. The molecule has 0 radical (unpaired) electrons. The normalized spacial score (nSPS) is 25.1. The van der Waals surface area contributed by atoms with Gasteiger partial charge in [0.15, 0.2) is 6.29 Å². The van der Waals surface area contributed by atoms with E-state index in [0.29, 0.717) is 19.3 Å². The van der Waals surface area contributed by atoms with E-state index < -0.39 is 74.4 Å². The largest absolute Gasteiger partial charge is 0.403 e. The lowest BCUT2D eigenvalue weighted by Crippen LogP contribution is -2.61. The molecule has 9 atom stereocenters. The van der Waals surface area contributed by atoms with Gasteiger partial charge in [0.25, 0.3) is 0 Å². The molecule has 5 unspecified atom stereocenters. The molecule has 54 heavy (non-hydrogen) atoms. The molecule has 0 bridgehead atoms. The van der Waals surface area contributed by atoms with Gasteiger partial charge in [-0.1, -0.05) is 142 Å². The molecule has 2 heterocycles. The number of halogens is 3. The Hall–Kier alpha value is -0.610. The Labute approximate surface area is 323 Å². The van der Waals surface area contributed by atoms with Crippen molar-refractivity contribution in [2.24, 2.45) is 5.92 Å². The topological polar surface area (TPSA) is 161 Å². The van der Waals surface area contributed by atoms with Gasteiger partial charge in [0.2, 0.25) is 0 Å². The van der Waals surface area contributed by atoms with E-state index in [2.05, 4.69) is 12.2 Å². The first-order valence-electron chi connectivity index (χ1n) is 21.7. The highest BCUT2D eigenvalue weighted by Gasteiger charge is 2.46. The molecule has 0 aromatic rings. The molecule has 0 amide bonds. The molecule has 10 nitrogen and oxygen atoms in total. The van der Waals surface area contributed by atoms with Crippen LogP contribution in [-0.2, 0) is 14.2 Å². The van der Waals surface area contributed by atoms with E-state index in [1.807, 2.05) is 0 Å². The molecule has 0 spiro atoms. The van der Waals surface area contributed by atoms with Crippen LogP contribution in [0, 0.1) is 5.92 Å². The number of hydrogen-bond donors (Lipinski definition) is 7. The average Bonchev–Trinajstić information content (AvgIpc) is 3.16. The van der Waals surface area contributed by atoms with Crippen LogP contribution in [0.25, 0.3) is 0 Å². The van der Waals surface area contributed by atoms with Crippen molar-refractivity contribution in [3.05, 3.63) is 0 Å². The van der Waals surface area contributed by atoms with Crippen LogP contribution >= 0.6 is 0 Å². The Morgan fingerprint density at radius 2 is 1.19 bits per heavy atom. The first-order chi connectivity index (χ1) is 26.0. The SMILES string of the molecule is CCCCCCCCCCCCCC[C@@H](O)[C@@H](O)[C@H](COC1OC(CO)C(O)C(O)C1O)N[C@@H](CCCCCCCCCCC1CCOCC1)C(F)(F)F. The minimum absolute atomic E-state index is 0.197. The second kappa shape index (κ2) is 29.6. The van der Waals surface area contributed by atoms with Crippen LogP contribution < -0.4 is 5.32 Å². The van der Waals surface area contributed by atoms with Gasteiger partial charge in [-0.05, 0) is 31.6 Å². The van der Waals surface area contributed by atoms with Gasteiger partial charge >= 0.3 is 6.18 Å². The fourth-order valence-electron chi connectivity index (χ4n) is 7.76. The molecule has 13 heteroatoms. The Kier molecular flexibility index (Phi) is 27.1. The van der Waals surface area contributed by atoms with Crippen LogP contribution in [-0.4, -0.2) is 118 Å². The van der Waals surface area contributed by atoms with Gasteiger partial charge in [-0.2, -0.15) is 13.2 Å². The Morgan fingerprint density at radius 1 is 0.685 bits per heavy atom. The second-order valence-electron chi connectivity index (χ2n) is 16.1. The zero-order valence-electron chi connectivity index (χ0n) is 33.3. The van der Waals surface area contributed by atoms with E-state index in [1.54, 1.807) is 0 Å². The van der Waals surface area contributed by atoms with Crippen LogP contribution in [0.2, 0.25) is 0 Å². The van der Waals surface area contributed by atoms with Crippen LogP contribution in [0.15, 0.2) is 0 Å². The summed E-state index contributed by atoms with van der Waals surface area (Å²) in [6, 6.07) is -3.36. The minimum Gasteiger partial charge on any atom is -0.394 e. The number of aliphatic hydroxyl groups excluding tert-OH is 6. The fraction of sp³-hybridized carbons (Fsp3) is 1.00. The monoisotopic (exact) mass is 786 g/mol. The first-order valence-corrected chi connectivity index (χ1v) is 21.7. The lowest BCUT2D eigenvalue weighted by molar-refractivity contribution is -0.303. The van der Waals surface area contributed by atoms with Crippen molar-refractivity contribution < 1.29 is 58.0 Å². The summed E-state index contributed by atoms with van der Waals surface area (Å²) in [6.45, 7) is 2.66. The summed E-state index contributed by atoms with van der Waals surface area (Å²) in [5.74, 6) is 0.774. The van der Waals surface area contributed by atoms with Gasteiger partial charge < -0.3 is 44.8 Å². The maximum absolute atomic E-state index is 14.3. The highest BCUT2D eigenvalue weighted by Crippen LogP contribution is 2.28. The summed E-state index contributed by atoms with van der Waals surface area (Å²) >= 11 is 0. The van der Waals surface area contributed by atoms with Crippen molar-refractivity contribution in [3.63, 3.8) is 0 Å². The van der Waals surface area contributed by atoms with Gasteiger partial charge in [0, 0.05) is 13.2 Å². The predicted octanol–water partition coefficient (Wildman–Crippen LogP) is 6.83. The number of unbranched alkanes of at least 4 members (excludes halogenated alkanes) is 18. The van der Waals surface area contributed by atoms with Crippen LogP contribution in [0.3, 0.4) is 0 Å². The van der Waals surface area contributed by atoms with Crippen molar-refractivity contribution >= 4 is 0 Å². The summed E-state index contributed by atoms with van der Waals surface area (Å²) in [4.78, 5) is 0. The van der Waals surface area contributed by atoms with E-state index >= 15 is 0 Å². The van der Waals surface area contributed by atoms with E-state index in [0.717, 1.165) is 83.3 Å². The molecule has 2 rings (SSSR count). The molecule has 0 aromatic heterocycles. The number of alkyl halides is 3. The summed E-state index contributed by atoms with van der Waals surface area (Å²) in [6.07, 6.45) is 8.86. The number of rotatable bonds is 32. The third-order valence-electron chi connectivity index (χ3n) is 11.5. The molecule has 2 fully saturated rings. The van der Waals surface area contributed by atoms with Crippen molar-refractivity contribution in [2.75, 3.05) is 26.4 Å². The van der Waals surface area contributed by atoms with Crippen molar-refractivity contribution in [1.82, 2.24) is 5.32 Å². The van der Waals surface area contributed by atoms with Gasteiger partial charge in [0.1, 0.15) is 30.5 Å². The minimum atomic E-state index is -4.63. The van der Waals surface area contributed by atoms with Crippen molar-refractivity contribution in [1.29, 1.82) is 0 Å². The lowest BCUT2D eigenvalue weighted by Gasteiger charge is -2.40. The highest BCUT2D eigenvalue weighted by molar-refractivity contribution is 4.91. The van der Waals surface area contributed by atoms with Crippen LogP contribution in [0.1, 0.15) is 167 Å². The van der Waals surface area contributed by atoms with Crippen LogP contribution in [0.5, 0.6) is 0 Å². The molecule has 2 aliphatic heterocycles. The predicted molar refractivity (Wildman–Crippen MR) is 204 cm³/mol. The molecule has 2 aliphatic rings. The summed E-state index contributed by atoms with van der Waals surface area (Å²) in [7, 11) is 0. The zero-order chi connectivity index (χ0) is 39.6. The maximum atomic E-state index is 14.3. The smallest absolute Gasteiger partial charge is 0.394 e. The number of hydrogen-bond acceptors (Lipinski definition) is 10. The standard InChI is InChI=1S/C41H78F3NO9/c1-2-3-4-5-6-7-8-9-10-14-17-20-23-33(47)36(48)32(30-53-40-39(51)38(50)37(49)34(29-46)54-40)45-35(41(42,43)44)24-21-18-15-12-11-13-16-19-22-31-25-27-52-28-26-31/h31-40,45-51H,2-30H2,1H3/t32-,33+,34?,35-,36-,37?,38?,39?,40?/m0/s1. The lowest BCUT2D eigenvalue weighted by atomic mass is 9.93. The Morgan fingerprint density at radius 3 is 1.70 bits per heavy atom. The van der Waals surface area contributed by atoms with Gasteiger partial charge in [-0.15, -0.1) is 0 Å². The van der Waals surface area contributed by atoms with Crippen LogP contribution in [0.4, 0.5) is 13.2 Å². The second-order valence-corrected chi connectivity index (χ2v) is 16.1. The molecule has 322 valence electrons. The molecule has 2 saturated heterocycles. The van der Waals surface area contributed by atoms with E-state index in [1.165, 1.54) is 64.2 Å². The van der Waals surface area contributed by atoms with E-state index in [-0.39, 0.29) is 12.8 Å². The third-order valence-corrected chi connectivity index (χ3v) is 11.5. The summed E-state index contributed by atoms with van der Waals surface area (Å²) < 4.78 is 59.4. The molecule has 0 saturated carbocycles. The summed E-state index contributed by atoms with van der Waals surface area (Å²) in [5.41, 5.74) is 0. The van der Waals surface area contributed by atoms with Gasteiger partial charge in [-0.25, -0.2) is 0 Å². The number of aliphatic hydroxyl groups is 6. The quantitative estimate of drug-likeness (QED) is 0.0360. The average molecular weight is 786 g/mol. The van der Waals surface area contributed by atoms with Crippen molar-refractivity contribution in [3.8, 4) is 0 Å². The number of ether oxygens (including phenoxy) is 3. The first kappa shape index (κ1) is 49.5. The van der Waals surface area contributed by atoms with E-state index in [4.69, 9.17) is 14.2 Å². The molecule has 7 N–H and O–H groups in total. The zero-order valence-corrected chi connectivity index (χ0v) is 33.3. The Bertz CT molecular complexity index is 883. The summed E-state index contributed by atoms with van der Waals surface area (Å²) in [5, 5.41) is 64.8. The fourth-order valence-corrected chi connectivity index (χ4v) is 7.76. The number of nitrogens with one attached hydrogen (secondary N) is 1. The van der Waals surface area contributed by atoms with E-state index in [9.17, 15) is 43.8 Å². The Balaban J connectivity index is 1.84. The van der Waals surface area contributed by atoms with Crippen molar-refractivity contribution in [2.45, 2.75) is 229 Å².